The Kier molecular flexibility index (Phi) is 5.68. The van der Waals surface area contributed by atoms with Crippen LogP contribution < -0.4 is 9.04 Å². The smallest absolute Gasteiger partial charge is 0.430 e. The molecule has 1 aliphatic rings. The van der Waals surface area contributed by atoms with Crippen LogP contribution in [0.25, 0.3) is 0 Å². The van der Waals surface area contributed by atoms with Crippen LogP contribution in [0, 0.1) is 0 Å². The van der Waals surface area contributed by atoms with Crippen LogP contribution in [-0.4, -0.2) is 39.0 Å². The van der Waals surface area contributed by atoms with E-state index in [0.717, 1.165) is 21.7 Å². The molecule has 30 heavy (non-hydrogen) atoms. The van der Waals surface area contributed by atoms with Gasteiger partial charge in [0.25, 0.3) is 15.6 Å². The summed E-state index contributed by atoms with van der Waals surface area (Å²) < 4.78 is 110. The lowest BCUT2D eigenvalue weighted by Crippen LogP contribution is -2.54. The van der Waals surface area contributed by atoms with Crippen LogP contribution in [0.1, 0.15) is 5.56 Å². The first-order chi connectivity index (χ1) is 13.6. The number of nitrogens with zero attached hydrogens (tertiary/aromatic N) is 1. The maximum absolute atomic E-state index is 13.1. The number of aliphatic hydroxyl groups is 1. The number of hydrogen-bond acceptors (Lipinski definition) is 5. The molecular weight excluding hydrogens is 507 g/mol. The summed E-state index contributed by atoms with van der Waals surface area (Å²) in [5.74, 6) is -0.591. The van der Waals surface area contributed by atoms with Gasteiger partial charge in [-0.05, 0) is 18.2 Å². The van der Waals surface area contributed by atoms with Gasteiger partial charge >= 0.3 is 12.4 Å². The van der Waals surface area contributed by atoms with Gasteiger partial charge in [-0.15, -0.1) is 11.3 Å². The van der Waals surface area contributed by atoms with Crippen LogP contribution >= 0.6 is 34.5 Å². The van der Waals surface area contributed by atoms with E-state index in [1.54, 1.807) is 0 Å². The zero-order chi connectivity index (χ0) is 22.7. The first kappa shape index (κ1) is 23.3. The van der Waals surface area contributed by atoms with Crippen molar-refractivity contribution in [2.45, 2.75) is 22.8 Å². The third-order valence-electron chi connectivity index (χ3n) is 4.21. The molecule has 1 N–H and O–H groups in total. The SMILES string of the molecule is O=S(=O)(c1cc(Cl)sc1Cl)N1CCOc2cc(C(O)(C(F)(F)F)C(F)(F)F)ccc21. The second kappa shape index (κ2) is 7.33. The van der Waals surface area contributed by atoms with Gasteiger partial charge in [-0.3, -0.25) is 4.31 Å². The van der Waals surface area contributed by atoms with E-state index in [2.05, 4.69) is 0 Å². The summed E-state index contributed by atoms with van der Waals surface area (Å²) in [4.78, 5) is -0.377. The third-order valence-corrected chi connectivity index (χ3v) is 7.78. The molecule has 0 aliphatic carbocycles. The fourth-order valence-electron chi connectivity index (χ4n) is 2.78. The fraction of sp³-hybridized carbons (Fsp3) is 0.333. The molecule has 0 bridgehead atoms. The summed E-state index contributed by atoms with van der Waals surface area (Å²) in [6, 6.07) is 2.39. The minimum atomic E-state index is -6.10. The molecule has 1 aliphatic heterocycles. The molecule has 15 heteroatoms. The first-order valence-corrected chi connectivity index (χ1v) is 10.7. The number of hydrogen-bond donors (Lipinski definition) is 1. The molecule has 0 saturated heterocycles. The number of halogens is 8. The molecule has 0 saturated carbocycles. The van der Waals surface area contributed by atoms with Gasteiger partial charge in [0.1, 0.15) is 21.6 Å². The van der Waals surface area contributed by atoms with Gasteiger partial charge in [-0.1, -0.05) is 29.3 Å². The van der Waals surface area contributed by atoms with Crippen LogP contribution in [0.4, 0.5) is 32.0 Å². The summed E-state index contributed by atoms with van der Waals surface area (Å²) in [6.45, 7) is -0.664. The van der Waals surface area contributed by atoms with Crippen LogP contribution in [0.3, 0.4) is 0 Å². The average Bonchev–Trinajstić information content (AvgIpc) is 2.97. The Morgan fingerprint density at radius 3 is 2.17 bits per heavy atom. The molecule has 166 valence electrons. The Bertz CT molecular complexity index is 1070. The molecule has 0 unspecified atom stereocenters. The fourth-order valence-corrected chi connectivity index (χ4v) is 6.35. The number of rotatable bonds is 3. The predicted octanol–water partition coefficient (Wildman–Crippen LogP) is 4.95. The number of sulfonamides is 1. The summed E-state index contributed by atoms with van der Waals surface area (Å²) in [7, 11) is -4.35. The molecule has 2 heterocycles. The van der Waals surface area contributed by atoms with Crippen molar-refractivity contribution in [1.82, 2.24) is 0 Å². The largest absolute Gasteiger partial charge is 0.489 e. The van der Waals surface area contributed by atoms with Crippen molar-refractivity contribution in [3.05, 3.63) is 38.5 Å². The zero-order valence-electron chi connectivity index (χ0n) is 14.2. The molecular formula is C15H9Cl2F6NO4S2. The van der Waals surface area contributed by atoms with Gasteiger partial charge in [0.15, 0.2) is 0 Å². The lowest BCUT2D eigenvalue weighted by Gasteiger charge is -2.35. The zero-order valence-corrected chi connectivity index (χ0v) is 17.3. The Labute approximate surface area is 179 Å². The highest BCUT2D eigenvalue weighted by Gasteiger charge is 2.71. The van der Waals surface area contributed by atoms with E-state index in [1.165, 1.54) is 0 Å². The quantitative estimate of drug-likeness (QED) is 0.587. The summed E-state index contributed by atoms with van der Waals surface area (Å²) in [5.41, 5.74) is -7.07. The van der Waals surface area contributed by atoms with E-state index in [9.17, 15) is 39.9 Å². The number of fused-ring (bicyclic) bond motifs is 1. The van der Waals surface area contributed by atoms with Gasteiger partial charge in [-0.25, -0.2) is 8.42 Å². The van der Waals surface area contributed by atoms with Crippen LogP contribution in [0.15, 0.2) is 29.2 Å². The van der Waals surface area contributed by atoms with Crippen molar-refractivity contribution in [3.8, 4) is 5.75 Å². The number of ether oxygens (including phenoxy) is 1. The van der Waals surface area contributed by atoms with Gasteiger partial charge < -0.3 is 9.84 Å². The Balaban J connectivity index is 2.13. The normalized spacial score (nSPS) is 15.7. The standard InChI is InChI=1S/C15H9Cl2F6NO4S2/c16-11-6-10(12(17)29-11)30(26,27)24-3-4-28-9-5-7(1-2-8(9)24)13(25,14(18,19)20)15(21,22)23/h1-2,5-6,25H,3-4H2. The Hall–Kier alpha value is -1.41. The highest BCUT2D eigenvalue weighted by Crippen LogP contribution is 2.51. The van der Waals surface area contributed by atoms with Gasteiger partial charge in [0.05, 0.1) is 16.6 Å². The van der Waals surface area contributed by atoms with E-state index in [1.807, 2.05) is 0 Å². The maximum atomic E-state index is 13.1. The Morgan fingerprint density at radius 1 is 1.07 bits per heavy atom. The van der Waals surface area contributed by atoms with Crippen molar-refractivity contribution in [1.29, 1.82) is 0 Å². The van der Waals surface area contributed by atoms with Crippen LogP contribution in [0.2, 0.25) is 8.67 Å². The Morgan fingerprint density at radius 2 is 1.67 bits per heavy atom. The summed E-state index contributed by atoms with van der Waals surface area (Å²) in [5, 5.41) is 9.53. The van der Waals surface area contributed by atoms with Crippen molar-refractivity contribution >= 4 is 50.2 Å². The third kappa shape index (κ3) is 3.60. The van der Waals surface area contributed by atoms with Gasteiger partial charge in [0, 0.05) is 5.56 Å². The number of benzene rings is 1. The van der Waals surface area contributed by atoms with Gasteiger partial charge in [0.2, 0.25) is 0 Å². The second-order valence-electron chi connectivity index (χ2n) is 6.00. The highest BCUT2D eigenvalue weighted by molar-refractivity contribution is 7.93. The van der Waals surface area contributed by atoms with Crippen molar-refractivity contribution in [2.24, 2.45) is 0 Å². The molecule has 5 nitrogen and oxygen atoms in total. The monoisotopic (exact) mass is 515 g/mol. The molecule has 0 amide bonds. The van der Waals surface area contributed by atoms with Gasteiger partial charge in [-0.2, -0.15) is 26.3 Å². The molecule has 0 atom stereocenters. The topological polar surface area (TPSA) is 66.8 Å². The minimum Gasteiger partial charge on any atom is -0.489 e. The number of anilines is 1. The molecule has 1 aromatic carbocycles. The average molecular weight is 516 g/mol. The van der Waals surface area contributed by atoms with E-state index in [-0.39, 0.29) is 32.4 Å². The first-order valence-electron chi connectivity index (χ1n) is 7.71. The maximum Gasteiger partial charge on any atom is 0.430 e. The van der Waals surface area contributed by atoms with Crippen LogP contribution in [0.5, 0.6) is 5.75 Å². The number of thiophene rings is 1. The minimum absolute atomic E-state index is 0.0582. The molecule has 0 fully saturated rings. The summed E-state index contributed by atoms with van der Waals surface area (Å²) >= 11 is 12.4. The molecule has 0 spiro atoms. The van der Waals surface area contributed by atoms with Crippen molar-refractivity contribution in [2.75, 3.05) is 17.5 Å². The van der Waals surface area contributed by atoms with E-state index < -0.39 is 39.3 Å². The van der Waals surface area contributed by atoms with Crippen molar-refractivity contribution < 1.29 is 44.6 Å². The molecule has 3 rings (SSSR count). The molecule has 1 aromatic heterocycles. The molecule has 0 radical (unpaired) electrons. The van der Waals surface area contributed by atoms with Crippen LogP contribution in [-0.2, 0) is 15.6 Å². The van der Waals surface area contributed by atoms with E-state index in [0.29, 0.717) is 18.2 Å². The summed E-state index contributed by atoms with van der Waals surface area (Å²) in [6.07, 6.45) is -12.2. The predicted molar refractivity (Wildman–Crippen MR) is 96.8 cm³/mol. The van der Waals surface area contributed by atoms with Crippen molar-refractivity contribution in [3.63, 3.8) is 0 Å². The van der Waals surface area contributed by atoms with E-state index in [4.69, 9.17) is 27.9 Å². The highest BCUT2D eigenvalue weighted by atomic mass is 35.5. The lowest BCUT2D eigenvalue weighted by molar-refractivity contribution is -0.376. The second-order valence-corrected chi connectivity index (χ2v) is 10.1. The number of alkyl halides is 6. The lowest BCUT2D eigenvalue weighted by atomic mass is 9.91. The van der Waals surface area contributed by atoms with E-state index >= 15 is 0 Å². The molecule has 2 aromatic rings.